The van der Waals surface area contributed by atoms with E-state index in [1.54, 1.807) is 36.6 Å². The molecular formula is C24H27LiN2O4S2. The average molecular weight is 479 g/mol. The van der Waals surface area contributed by atoms with Crippen LogP contribution in [0, 0.1) is 6.92 Å². The number of amides is 1. The van der Waals surface area contributed by atoms with Gasteiger partial charge in [-0.25, -0.2) is 4.79 Å². The molecule has 3 rings (SSSR count). The molecule has 2 aromatic carbocycles. The van der Waals surface area contributed by atoms with Crippen molar-refractivity contribution >= 4 is 53.8 Å². The molecule has 1 amide bonds. The number of nitrogens with zero attached hydrogens (tertiary/aromatic N) is 1. The van der Waals surface area contributed by atoms with Gasteiger partial charge in [0.1, 0.15) is 12.1 Å². The fourth-order valence-corrected chi connectivity index (χ4v) is 4.71. The van der Waals surface area contributed by atoms with Crippen molar-refractivity contribution in [1.29, 1.82) is 0 Å². The van der Waals surface area contributed by atoms with Gasteiger partial charge in [-0.15, -0.1) is 11.3 Å². The molecule has 1 heterocycles. The molecular weight excluding hydrogens is 451 g/mol. The minimum atomic E-state index is -1.04. The average Bonchev–Trinajstić information content (AvgIpc) is 3.31. The zero-order chi connectivity index (χ0) is 23.1. The number of carboxylic acid groups (broad SMARTS) is 1. The number of ether oxygens (including phenoxy) is 1. The van der Waals surface area contributed by atoms with Crippen molar-refractivity contribution in [2.24, 2.45) is 0 Å². The molecule has 0 fully saturated rings. The second-order valence-electron chi connectivity index (χ2n) is 7.29. The molecule has 0 aliphatic carbocycles. The Hall–Kier alpha value is -2.08. The first-order valence-electron chi connectivity index (χ1n) is 10.1. The fourth-order valence-electron chi connectivity index (χ4n) is 3.52. The van der Waals surface area contributed by atoms with Gasteiger partial charge in [0, 0.05) is 18.9 Å². The van der Waals surface area contributed by atoms with Gasteiger partial charge in [-0.05, 0) is 59.7 Å². The summed E-state index contributed by atoms with van der Waals surface area (Å²) in [5.41, 5.74) is 5.74. The summed E-state index contributed by atoms with van der Waals surface area (Å²) in [7, 11) is 1.64. The van der Waals surface area contributed by atoms with Gasteiger partial charge in [0.05, 0.1) is 10.4 Å². The van der Waals surface area contributed by atoms with E-state index in [0.717, 1.165) is 27.1 Å². The number of methoxy groups -OCH3 is 1. The van der Waals surface area contributed by atoms with Gasteiger partial charge in [-0.1, -0.05) is 30.3 Å². The number of hydrogen-bond acceptors (Lipinski definition) is 6. The molecule has 9 heteroatoms. The first-order valence-corrected chi connectivity index (χ1v) is 12.4. The van der Waals surface area contributed by atoms with Gasteiger partial charge in [0.25, 0.3) is 5.91 Å². The Morgan fingerprint density at radius 1 is 1.21 bits per heavy atom. The van der Waals surface area contributed by atoms with Crippen LogP contribution in [0.4, 0.5) is 0 Å². The molecule has 0 aliphatic rings. The van der Waals surface area contributed by atoms with E-state index in [9.17, 15) is 14.7 Å². The van der Waals surface area contributed by atoms with E-state index >= 15 is 0 Å². The number of thioether (sulfide) groups is 1. The Labute approximate surface area is 214 Å². The van der Waals surface area contributed by atoms with Crippen LogP contribution in [-0.4, -0.2) is 66.0 Å². The minimum absolute atomic E-state index is 0. The summed E-state index contributed by atoms with van der Waals surface area (Å²) in [6.45, 7) is 1.99. The summed E-state index contributed by atoms with van der Waals surface area (Å²) in [5, 5.41) is 12.2. The Balaban J connectivity index is 0.00000385. The van der Waals surface area contributed by atoms with Crippen LogP contribution in [0.25, 0.3) is 11.1 Å². The third-order valence-electron chi connectivity index (χ3n) is 5.19. The molecule has 0 saturated carbocycles. The van der Waals surface area contributed by atoms with E-state index in [-0.39, 0.29) is 25.0 Å². The van der Waals surface area contributed by atoms with Crippen molar-refractivity contribution in [3.63, 3.8) is 0 Å². The summed E-state index contributed by atoms with van der Waals surface area (Å²) >= 11 is 3.05. The van der Waals surface area contributed by atoms with Gasteiger partial charge < -0.3 is 15.2 Å². The van der Waals surface area contributed by atoms with Crippen molar-refractivity contribution in [2.45, 2.75) is 25.5 Å². The number of carbonyl (C=O) groups is 2. The van der Waals surface area contributed by atoms with Crippen LogP contribution >= 0.6 is 23.1 Å². The standard InChI is InChI=1S/C24H26N2O4S2.Li.H/c1-15-6-4-5-7-17(15)19-12-16(22(30-2)21-13-25-14-32-21)8-9-18(19)23(27)26-20(24(28)29)10-11-31-3;;/h4-9,12-14,20,22H,10-11H2,1-3H3,(H,26,27)(H,28,29);;. The van der Waals surface area contributed by atoms with Gasteiger partial charge >= 0.3 is 24.8 Å². The number of rotatable bonds is 10. The summed E-state index contributed by atoms with van der Waals surface area (Å²) < 4.78 is 5.73. The quantitative estimate of drug-likeness (QED) is 0.426. The number of nitrogens with one attached hydrogen (secondary N) is 1. The summed E-state index contributed by atoms with van der Waals surface area (Å²) in [6.07, 6.45) is 3.73. The van der Waals surface area contributed by atoms with Crippen LogP contribution in [0.2, 0.25) is 0 Å². The van der Waals surface area contributed by atoms with Crippen LogP contribution in [0.1, 0.15) is 38.9 Å². The van der Waals surface area contributed by atoms with Crippen LogP contribution in [0.3, 0.4) is 0 Å². The van der Waals surface area contributed by atoms with Crippen molar-refractivity contribution in [1.82, 2.24) is 10.3 Å². The van der Waals surface area contributed by atoms with Crippen LogP contribution < -0.4 is 5.32 Å². The van der Waals surface area contributed by atoms with Crippen LogP contribution in [-0.2, 0) is 9.53 Å². The molecule has 1 aromatic heterocycles. The molecule has 3 aromatic rings. The van der Waals surface area contributed by atoms with Crippen molar-refractivity contribution in [3.8, 4) is 11.1 Å². The van der Waals surface area contributed by atoms with Crippen LogP contribution in [0.5, 0.6) is 0 Å². The third-order valence-corrected chi connectivity index (χ3v) is 6.65. The second kappa shape index (κ2) is 13.0. The Bertz CT molecular complexity index is 1080. The zero-order valence-electron chi connectivity index (χ0n) is 18.2. The van der Waals surface area contributed by atoms with E-state index in [4.69, 9.17) is 4.74 Å². The molecule has 170 valence electrons. The van der Waals surface area contributed by atoms with Crippen LogP contribution in [0.15, 0.2) is 54.2 Å². The number of hydrogen-bond donors (Lipinski definition) is 2. The first kappa shape index (κ1) is 27.2. The second-order valence-corrected chi connectivity index (χ2v) is 9.19. The fraction of sp³-hybridized carbons (Fsp3) is 0.292. The van der Waals surface area contributed by atoms with Gasteiger partial charge in [0.15, 0.2) is 0 Å². The number of aliphatic carboxylic acids is 1. The zero-order valence-corrected chi connectivity index (χ0v) is 19.8. The topological polar surface area (TPSA) is 88.5 Å². The van der Waals surface area contributed by atoms with Gasteiger partial charge in [-0.3, -0.25) is 9.78 Å². The molecule has 0 bridgehead atoms. The number of aryl methyl sites for hydroxylation is 1. The van der Waals surface area contributed by atoms with E-state index in [1.165, 1.54) is 11.3 Å². The SMILES string of the molecule is COC(c1ccc(C(=O)NC(CCSC)C(=O)O)c(-c2ccccc2C)c1)c1cncs1.[LiH]. The number of carbonyl (C=O) groups excluding carboxylic acids is 1. The number of carboxylic acids is 1. The number of aromatic nitrogens is 1. The monoisotopic (exact) mass is 478 g/mol. The molecule has 0 saturated heterocycles. The number of thiazole rings is 1. The Morgan fingerprint density at radius 2 is 1.97 bits per heavy atom. The molecule has 0 radical (unpaired) electrons. The van der Waals surface area contributed by atoms with Crippen molar-refractivity contribution < 1.29 is 19.4 Å². The molecule has 33 heavy (non-hydrogen) atoms. The predicted molar refractivity (Wildman–Crippen MR) is 137 cm³/mol. The van der Waals surface area contributed by atoms with Gasteiger partial charge in [0.2, 0.25) is 0 Å². The molecule has 2 N–H and O–H groups in total. The molecule has 6 nitrogen and oxygen atoms in total. The third kappa shape index (κ3) is 6.72. The summed E-state index contributed by atoms with van der Waals surface area (Å²) in [6, 6.07) is 12.4. The first-order chi connectivity index (χ1) is 15.5. The molecule has 0 spiro atoms. The van der Waals surface area contributed by atoms with Crippen molar-refractivity contribution in [2.75, 3.05) is 19.1 Å². The van der Waals surface area contributed by atoms with E-state index in [2.05, 4.69) is 10.3 Å². The van der Waals surface area contributed by atoms with Gasteiger partial charge in [-0.2, -0.15) is 11.8 Å². The van der Waals surface area contributed by atoms with E-state index < -0.39 is 17.9 Å². The maximum absolute atomic E-state index is 13.2. The Kier molecular flexibility index (Phi) is 10.7. The molecule has 2 unspecified atom stereocenters. The normalized spacial score (nSPS) is 12.5. The molecule has 2 atom stereocenters. The summed E-state index contributed by atoms with van der Waals surface area (Å²) in [4.78, 5) is 29.9. The predicted octanol–water partition coefficient (Wildman–Crippen LogP) is 4.14. The maximum atomic E-state index is 13.2. The number of benzene rings is 2. The van der Waals surface area contributed by atoms with E-state index in [1.807, 2.05) is 49.6 Å². The molecule has 0 aliphatic heterocycles. The van der Waals surface area contributed by atoms with Crippen molar-refractivity contribution in [3.05, 3.63) is 75.7 Å². The Morgan fingerprint density at radius 3 is 2.58 bits per heavy atom. The van der Waals surface area contributed by atoms with E-state index in [0.29, 0.717) is 17.7 Å². The summed E-state index contributed by atoms with van der Waals surface area (Å²) in [5.74, 6) is -0.799.